The summed E-state index contributed by atoms with van der Waals surface area (Å²) in [6, 6.07) is 14.3. The second kappa shape index (κ2) is 6.87. The summed E-state index contributed by atoms with van der Waals surface area (Å²) in [5.41, 5.74) is 14.6. The predicted molar refractivity (Wildman–Crippen MR) is 93.5 cm³/mol. The highest BCUT2D eigenvalue weighted by atomic mass is 35.5. The summed E-state index contributed by atoms with van der Waals surface area (Å²) in [6.07, 6.45) is 1.65. The van der Waals surface area contributed by atoms with E-state index in [4.69, 9.17) is 17.3 Å². The van der Waals surface area contributed by atoms with Gasteiger partial charge in [-0.05, 0) is 36.1 Å². The van der Waals surface area contributed by atoms with E-state index >= 15 is 0 Å². The van der Waals surface area contributed by atoms with Crippen molar-refractivity contribution in [1.29, 1.82) is 0 Å². The van der Waals surface area contributed by atoms with E-state index in [1.54, 1.807) is 11.8 Å². The molecule has 2 unspecified atom stereocenters. The third-order valence-electron chi connectivity index (χ3n) is 3.41. The van der Waals surface area contributed by atoms with Gasteiger partial charge in [0.05, 0.1) is 5.02 Å². The summed E-state index contributed by atoms with van der Waals surface area (Å²) in [5, 5.41) is 7.04. The molecule has 3 rings (SSSR count). The van der Waals surface area contributed by atoms with Gasteiger partial charge in [-0.25, -0.2) is 10.9 Å². The first kappa shape index (κ1) is 15.6. The Bertz CT molecular complexity index is 649. The highest BCUT2D eigenvalue weighted by Crippen LogP contribution is 2.31. The van der Waals surface area contributed by atoms with Crippen LogP contribution in [0.1, 0.15) is 0 Å². The topological polar surface area (TPSA) is 74.1 Å². The first-order valence-electron chi connectivity index (χ1n) is 6.89. The molecule has 6 N–H and O–H groups in total. The quantitative estimate of drug-likeness (QED) is 0.552. The van der Waals surface area contributed by atoms with Crippen LogP contribution in [-0.2, 0) is 0 Å². The summed E-state index contributed by atoms with van der Waals surface area (Å²) in [6.45, 7) is 0. The number of benzene rings is 2. The molecule has 0 saturated carbocycles. The summed E-state index contributed by atoms with van der Waals surface area (Å²) in [5.74, 6) is 0. The zero-order valence-electron chi connectivity index (χ0n) is 12.1. The molecule has 0 bridgehead atoms. The van der Waals surface area contributed by atoms with Crippen molar-refractivity contribution in [2.75, 3.05) is 11.6 Å². The maximum atomic E-state index is 6.43. The number of nitrogens with two attached hydrogens (primary N) is 1. The van der Waals surface area contributed by atoms with Crippen molar-refractivity contribution in [3.63, 3.8) is 0 Å². The van der Waals surface area contributed by atoms with Gasteiger partial charge in [0.2, 0.25) is 0 Å². The molecule has 0 amide bonds. The number of hydrazine groups is 1. The summed E-state index contributed by atoms with van der Waals surface area (Å²) in [4.78, 5) is 1.24. The molecular weight excluding hydrogens is 318 g/mol. The summed E-state index contributed by atoms with van der Waals surface area (Å²) >= 11 is 8.15. The van der Waals surface area contributed by atoms with Gasteiger partial charge in [-0.3, -0.25) is 5.32 Å². The van der Waals surface area contributed by atoms with E-state index in [9.17, 15) is 0 Å². The minimum absolute atomic E-state index is 0.141. The van der Waals surface area contributed by atoms with Crippen LogP contribution in [0.2, 0.25) is 5.02 Å². The van der Waals surface area contributed by atoms with E-state index in [1.165, 1.54) is 4.90 Å². The number of rotatable bonds is 4. The second-order valence-corrected chi connectivity index (χ2v) is 6.22. The fourth-order valence-electron chi connectivity index (χ4n) is 2.29. The molecule has 1 heterocycles. The summed E-state index contributed by atoms with van der Waals surface area (Å²) < 4.78 is 0. The lowest BCUT2D eigenvalue weighted by molar-refractivity contribution is 0.547. The van der Waals surface area contributed by atoms with E-state index in [1.807, 2.05) is 18.2 Å². The van der Waals surface area contributed by atoms with Crippen LogP contribution in [0.25, 0.3) is 11.1 Å². The Morgan fingerprint density at radius 3 is 2.50 bits per heavy atom. The molecule has 0 spiro atoms. The van der Waals surface area contributed by atoms with E-state index < -0.39 is 0 Å². The molecule has 5 nitrogen and oxygen atoms in total. The lowest BCUT2D eigenvalue weighted by Crippen LogP contribution is -2.43. The van der Waals surface area contributed by atoms with Crippen molar-refractivity contribution in [3.8, 4) is 11.1 Å². The molecular formula is C15H18ClN5S. The fraction of sp³-hybridized carbons (Fsp3) is 0.200. The smallest absolute Gasteiger partial charge is 0.147 e. The number of nitrogens with one attached hydrogen (secondary N) is 4. The van der Waals surface area contributed by atoms with Gasteiger partial charge in [0.25, 0.3) is 0 Å². The Hall–Kier alpha value is -1.28. The Labute approximate surface area is 139 Å². The van der Waals surface area contributed by atoms with Crippen molar-refractivity contribution in [1.82, 2.24) is 16.2 Å². The van der Waals surface area contributed by atoms with Gasteiger partial charge in [-0.15, -0.1) is 11.8 Å². The van der Waals surface area contributed by atoms with E-state index in [0.29, 0.717) is 5.02 Å². The van der Waals surface area contributed by atoms with Gasteiger partial charge >= 0.3 is 0 Å². The van der Waals surface area contributed by atoms with Gasteiger partial charge in [0.1, 0.15) is 12.6 Å². The third kappa shape index (κ3) is 3.55. The van der Waals surface area contributed by atoms with E-state index in [0.717, 1.165) is 16.8 Å². The minimum Gasteiger partial charge on any atom is -0.357 e. The van der Waals surface area contributed by atoms with Gasteiger partial charge < -0.3 is 11.1 Å². The van der Waals surface area contributed by atoms with Crippen LogP contribution in [0.3, 0.4) is 0 Å². The van der Waals surface area contributed by atoms with Crippen molar-refractivity contribution in [3.05, 3.63) is 47.5 Å². The van der Waals surface area contributed by atoms with Gasteiger partial charge in [0, 0.05) is 16.1 Å². The van der Waals surface area contributed by atoms with Crippen LogP contribution in [-0.4, -0.2) is 18.8 Å². The second-order valence-electron chi connectivity index (χ2n) is 4.93. The number of thioether (sulfide) groups is 1. The maximum Gasteiger partial charge on any atom is 0.147 e. The number of hydrogen-bond acceptors (Lipinski definition) is 6. The standard InChI is InChI=1S/C15H18ClN5S/c1-22-11-5-2-9(3-6-11)12-7-4-10(8-13(12)16)18-15-19-14(17)20-21-15/h2-8,14-15,18-21H,17H2,1H3. The minimum atomic E-state index is -0.276. The maximum absolute atomic E-state index is 6.43. The average molecular weight is 336 g/mol. The van der Waals surface area contributed by atoms with Crippen LogP contribution in [0.5, 0.6) is 0 Å². The Morgan fingerprint density at radius 1 is 1.14 bits per heavy atom. The number of anilines is 1. The van der Waals surface area contributed by atoms with Crippen molar-refractivity contribution in [2.45, 2.75) is 17.5 Å². The molecule has 1 saturated heterocycles. The van der Waals surface area contributed by atoms with Crippen LogP contribution in [0.15, 0.2) is 47.4 Å². The summed E-state index contributed by atoms with van der Waals surface area (Å²) in [7, 11) is 0. The lowest BCUT2D eigenvalue weighted by Gasteiger charge is -2.15. The SMILES string of the molecule is CSc1ccc(-c2ccc(NC3NNC(N)N3)cc2Cl)cc1. The van der Waals surface area contributed by atoms with Crippen LogP contribution in [0.4, 0.5) is 5.69 Å². The molecule has 0 radical (unpaired) electrons. The Kier molecular flexibility index (Phi) is 4.87. The lowest BCUT2D eigenvalue weighted by atomic mass is 10.1. The number of halogens is 1. The molecule has 1 fully saturated rings. The predicted octanol–water partition coefficient (Wildman–Crippen LogP) is 2.36. The molecule has 7 heteroatoms. The first-order chi connectivity index (χ1) is 10.7. The van der Waals surface area contributed by atoms with Gasteiger partial charge in [-0.2, -0.15) is 0 Å². The zero-order chi connectivity index (χ0) is 15.5. The molecule has 0 aliphatic carbocycles. The molecule has 2 aromatic rings. The monoisotopic (exact) mass is 335 g/mol. The largest absolute Gasteiger partial charge is 0.357 e. The van der Waals surface area contributed by atoms with Gasteiger partial charge in [-0.1, -0.05) is 29.8 Å². The Balaban J connectivity index is 1.76. The fourth-order valence-corrected chi connectivity index (χ4v) is 2.99. The molecule has 2 aromatic carbocycles. The van der Waals surface area contributed by atoms with E-state index in [-0.39, 0.29) is 12.6 Å². The Morgan fingerprint density at radius 2 is 1.91 bits per heavy atom. The van der Waals surface area contributed by atoms with E-state index in [2.05, 4.69) is 52.0 Å². The molecule has 22 heavy (non-hydrogen) atoms. The normalized spacial score (nSPS) is 21.0. The number of hydrogen-bond donors (Lipinski definition) is 5. The van der Waals surface area contributed by atoms with Crippen molar-refractivity contribution >= 4 is 29.1 Å². The molecule has 0 aromatic heterocycles. The van der Waals surface area contributed by atoms with Crippen molar-refractivity contribution in [2.24, 2.45) is 5.73 Å². The highest BCUT2D eigenvalue weighted by molar-refractivity contribution is 7.98. The van der Waals surface area contributed by atoms with Crippen LogP contribution in [0, 0.1) is 0 Å². The zero-order valence-corrected chi connectivity index (χ0v) is 13.6. The molecule has 1 aliphatic heterocycles. The van der Waals surface area contributed by atoms with Crippen molar-refractivity contribution < 1.29 is 0 Å². The van der Waals surface area contributed by atoms with Crippen LogP contribution < -0.4 is 27.2 Å². The molecule has 1 aliphatic rings. The molecule has 116 valence electrons. The first-order valence-corrected chi connectivity index (χ1v) is 8.49. The third-order valence-corrected chi connectivity index (χ3v) is 4.47. The van der Waals surface area contributed by atoms with Crippen LogP contribution >= 0.6 is 23.4 Å². The highest BCUT2D eigenvalue weighted by Gasteiger charge is 2.18. The average Bonchev–Trinajstić information content (AvgIpc) is 2.93. The van der Waals surface area contributed by atoms with Gasteiger partial charge in [0.15, 0.2) is 0 Å². The molecule has 2 atom stereocenters.